The second-order valence-electron chi connectivity index (χ2n) is 2.63. The molecule has 64 valence electrons. The number of hydrogen-bond donors (Lipinski definition) is 0. The lowest BCUT2D eigenvalue weighted by molar-refractivity contribution is 0.998. The Morgan fingerprint density at radius 3 is 2.83 bits per heavy atom. The molecule has 0 fully saturated rings. The average Bonchev–Trinajstić information content (AvgIpc) is 2.43. The first-order valence-electron chi connectivity index (χ1n) is 4.10. The molecular formula is C9H12N2S. The summed E-state index contributed by atoms with van der Waals surface area (Å²) in [6, 6.07) is 2.15. The van der Waals surface area contributed by atoms with Gasteiger partial charge >= 0.3 is 0 Å². The predicted octanol–water partition coefficient (Wildman–Crippen LogP) is 2.47. The van der Waals surface area contributed by atoms with Crippen LogP contribution in [0.2, 0.25) is 0 Å². The summed E-state index contributed by atoms with van der Waals surface area (Å²) in [6.45, 7) is 4.12. The normalized spacial score (nSPS) is 9.75. The van der Waals surface area contributed by atoms with Crippen molar-refractivity contribution in [2.45, 2.75) is 33.1 Å². The minimum atomic E-state index is 0.603. The van der Waals surface area contributed by atoms with Crippen LogP contribution in [-0.4, -0.2) is 4.98 Å². The fraction of sp³-hybridized carbons (Fsp3) is 0.556. The maximum atomic E-state index is 8.42. The van der Waals surface area contributed by atoms with Crippen molar-refractivity contribution in [1.29, 1.82) is 5.26 Å². The van der Waals surface area contributed by atoms with Gasteiger partial charge in [0.25, 0.3) is 0 Å². The predicted molar refractivity (Wildman–Crippen MR) is 50.2 cm³/mol. The highest BCUT2D eigenvalue weighted by Crippen LogP contribution is 2.19. The lowest BCUT2D eigenvalue weighted by Gasteiger charge is -1.89. The van der Waals surface area contributed by atoms with E-state index in [0.717, 1.165) is 18.5 Å². The van der Waals surface area contributed by atoms with Crippen molar-refractivity contribution >= 4 is 11.3 Å². The SMILES string of the molecule is CCc1nc(C)c(CCC#N)s1. The Balaban J connectivity index is 2.72. The van der Waals surface area contributed by atoms with E-state index in [1.54, 1.807) is 11.3 Å². The molecule has 0 atom stereocenters. The number of hydrogen-bond acceptors (Lipinski definition) is 3. The minimum absolute atomic E-state index is 0.603. The third-order valence-electron chi connectivity index (χ3n) is 1.70. The summed E-state index contributed by atoms with van der Waals surface area (Å²) in [5.74, 6) is 0. The number of nitrogens with zero attached hydrogens (tertiary/aromatic N) is 2. The molecule has 0 bridgehead atoms. The van der Waals surface area contributed by atoms with Gasteiger partial charge in [0.1, 0.15) is 0 Å². The molecule has 0 spiro atoms. The van der Waals surface area contributed by atoms with Crippen LogP contribution in [-0.2, 0) is 12.8 Å². The molecule has 1 heterocycles. The highest BCUT2D eigenvalue weighted by molar-refractivity contribution is 7.11. The number of rotatable bonds is 3. The molecule has 0 aromatic carbocycles. The zero-order valence-electron chi connectivity index (χ0n) is 7.42. The zero-order chi connectivity index (χ0) is 8.97. The molecule has 0 aliphatic rings. The monoisotopic (exact) mass is 180 g/mol. The number of aromatic nitrogens is 1. The van der Waals surface area contributed by atoms with Gasteiger partial charge < -0.3 is 0 Å². The Bertz CT molecular complexity index is 296. The van der Waals surface area contributed by atoms with Gasteiger partial charge in [0.2, 0.25) is 0 Å². The molecule has 1 rings (SSSR count). The Hall–Kier alpha value is -0.880. The van der Waals surface area contributed by atoms with Crippen molar-refractivity contribution in [3.8, 4) is 6.07 Å². The van der Waals surface area contributed by atoms with E-state index >= 15 is 0 Å². The molecule has 3 heteroatoms. The van der Waals surface area contributed by atoms with Crippen LogP contribution in [0.15, 0.2) is 0 Å². The van der Waals surface area contributed by atoms with Gasteiger partial charge in [-0.2, -0.15) is 5.26 Å². The smallest absolute Gasteiger partial charge is 0.0928 e. The third-order valence-corrected chi connectivity index (χ3v) is 3.06. The van der Waals surface area contributed by atoms with E-state index < -0.39 is 0 Å². The molecule has 0 unspecified atom stereocenters. The molecule has 0 amide bonds. The maximum Gasteiger partial charge on any atom is 0.0928 e. The molecule has 0 saturated carbocycles. The van der Waals surface area contributed by atoms with Crippen molar-refractivity contribution in [3.05, 3.63) is 15.6 Å². The van der Waals surface area contributed by atoms with E-state index in [2.05, 4.69) is 18.0 Å². The lowest BCUT2D eigenvalue weighted by atomic mass is 10.2. The summed E-state index contributed by atoms with van der Waals surface area (Å²) < 4.78 is 0. The van der Waals surface area contributed by atoms with Crippen molar-refractivity contribution in [2.24, 2.45) is 0 Å². The Morgan fingerprint density at radius 2 is 2.33 bits per heavy atom. The Morgan fingerprint density at radius 1 is 1.58 bits per heavy atom. The van der Waals surface area contributed by atoms with Gasteiger partial charge in [0, 0.05) is 11.3 Å². The second-order valence-corrected chi connectivity index (χ2v) is 3.80. The van der Waals surface area contributed by atoms with Gasteiger partial charge in [-0.3, -0.25) is 0 Å². The van der Waals surface area contributed by atoms with Crippen molar-refractivity contribution in [2.75, 3.05) is 0 Å². The van der Waals surface area contributed by atoms with Gasteiger partial charge in [-0.05, 0) is 19.8 Å². The summed E-state index contributed by atoms with van der Waals surface area (Å²) in [6.07, 6.45) is 2.46. The van der Waals surface area contributed by atoms with Gasteiger partial charge in [0.05, 0.1) is 16.8 Å². The number of thiazole rings is 1. The summed E-state index contributed by atoms with van der Waals surface area (Å²) in [4.78, 5) is 5.66. The maximum absolute atomic E-state index is 8.42. The molecular weight excluding hydrogens is 168 g/mol. The number of aryl methyl sites for hydroxylation is 3. The van der Waals surface area contributed by atoms with Crippen molar-refractivity contribution < 1.29 is 0 Å². The topological polar surface area (TPSA) is 36.7 Å². The summed E-state index contributed by atoms with van der Waals surface area (Å²) in [7, 11) is 0. The quantitative estimate of drug-likeness (QED) is 0.716. The molecule has 1 aromatic heterocycles. The summed E-state index contributed by atoms with van der Waals surface area (Å²) in [5.41, 5.74) is 1.10. The van der Waals surface area contributed by atoms with E-state index in [9.17, 15) is 0 Å². The van der Waals surface area contributed by atoms with Gasteiger partial charge in [-0.15, -0.1) is 11.3 Å². The van der Waals surface area contributed by atoms with Crippen LogP contribution < -0.4 is 0 Å². The number of nitriles is 1. The fourth-order valence-corrected chi connectivity index (χ4v) is 2.05. The van der Waals surface area contributed by atoms with E-state index in [0.29, 0.717) is 6.42 Å². The minimum Gasteiger partial charge on any atom is -0.246 e. The fourth-order valence-electron chi connectivity index (χ4n) is 1.04. The molecule has 0 saturated heterocycles. The molecule has 0 radical (unpaired) electrons. The first kappa shape index (κ1) is 9.21. The third kappa shape index (κ3) is 2.05. The zero-order valence-corrected chi connectivity index (χ0v) is 8.24. The first-order valence-corrected chi connectivity index (χ1v) is 4.91. The van der Waals surface area contributed by atoms with E-state index in [4.69, 9.17) is 5.26 Å². The molecule has 1 aromatic rings. The summed E-state index contributed by atoms with van der Waals surface area (Å²) >= 11 is 1.74. The van der Waals surface area contributed by atoms with E-state index in [1.165, 1.54) is 9.88 Å². The standard InChI is InChI=1S/C9H12N2S/c1-3-9-11-7(2)8(12-9)5-4-6-10/h3-5H2,1-2H3. The van der Waals surface area contributed by atoms with Crippen LogP contribution in [0.5, 0.6) is 0 Å². The largest absolute Gasteiger partial charge is 0.246 e. The average molecular weight is 180 g/mol. The molecule has 0 aliphatic heterocycles. The van der Waals surface area contributed by atoms with E-state index in [-0.39, 0.29) is 0 Å². The summed E-state index contributed by atoms with van der Waals surface area (Å²) in [5, 5.41) is 9.60. The Labute approximate surface area is 76.9 Å². The van der Waals surface area contributed by atoms with Crippen LogP contribution in [0, 0.1) is 18.3 Å². The van der Waals surface area contributed by atoms with Crippen molar-refractivity contribution in [1.82, 2.24) is 4.98 Å². The van der Waals surface area contributed by atoms with Gasteiger partial charge in [-0.1, -0.05) is 6.92 Å². The van der Waals surface area contributed by atoms with Gasteiger partial charge in [-0.25, -0.2) is 4.98 Å². The molecule has 0 aliphatic carbocycles. The van der Waals surface area contributed by atoms with Crippen LogP contribution >= 0.6 is 11.3 Å². The molecule has 0 N–H and O–H groups in total. The second kappa shape index (κ2) is 4.22. The first-order chi connectivity index (χ1) is 5.77. The van der Waals surface area contributed by atoms with Crippen LogP contribution in [0.25, 0.3) is 0 Å². The lowest BCUT2D eigenvalue weighted by Crippen LogP contribution is -1.82. The van der Waals surface area contributed by atoms with Gasteiger partial charge in [0.15, 0.2) is 0 Å². The van der Waals surface area contributed by atoms with Crippen LogP contribution in [0.1, 0.15) is 28.9 Å². The van der Waals surface area contributed by atoms with Crippen LogP contribution in [0.3, 0.4) is 0 Å². The highest BCUT2D eigenvalue weighted by Gasteiger charge is 2.04. The molecule has 2 nitrogen and oxygen atoms in total. The van der Waals surface area contributed by atoms with Crippen molar-refractivity contribution in [3.63, 3.8) is 0 Å². The van der Waals surface area contributed by atoms with E-state index in [1.807, 2.05) is 6.92 Å². The molecule has 12 heavy (non-hydrogen) atoms. The Kier molecular flexibility index (Phi) is 3.24. The van der Waals surface area contributed by atoms with Crippen LogP contribution in [0.4, 0.5) is 0 Å². The highest BCUT2D eigenvalue weighted by atomic mass is 32.1.